The van der Waals surface area contributed by atoms with Gasteiger partial charge >= 0.3 is 0 Å². The fourth-order valence-corrected chi connectivity index (χ4v) is 6.86. The smallest absolute Gasteiger partial charge is 0.119 e. The van der Waals surface area contributed by atoms with Crippen LogP contribution in [0.4, 0.5) is 0 Å². The lowest BCUT2D eigenvalue weighted by molar-refractivity contribution is 0.00222. The van der Waals surface area contributed by atoms with Gasteiger partial charge in [-0.15, -0.1) is 0 Å². The van der Waals surface area contributed by atoms with E-state index in [0.29, 0.717) is 11.4 Å². The van der Waals surface area contributed by atoms with Crippen molar-refractivity contribution in [1.29, 1.82) is 0 Å². The van der Waals surface area contributed by atoms with Crippen molar-refractivity contribution < 1.29 is 9.47 Å². The summed E-state index contributed by atoms with van der Waals surface area (Å²) in [5.74, 6) is 1.67. The van der Waals surface area contributed by atoms with Gasteiger partial charge in [-0.2, -0.15) is 0 Å². The average Bonchev–Trinajstić information content (AvgIpc) is 3.46. The molecule has 2 aromatic carbocycles. The normalized spacial score (nSPS) is 22.8. The minimum absolute atomic E-state index is 0.0114. The molecule has 198 valence electrons. The number of methoxy groups -OCH3 is 1. The highest BCUT2D eigenvalue weighted by Gasteiger charge is 2.54. The first kappa shape index (κ1) is 25.6. The van der Waals surface area contributed by atoms with Crippen LogP contribution in [0.1, 0.15) is 43.0 Å². The van der Waals surface area contributed by atoms with Crippen LogP contribution >= 0.6 is 23.4 Å². The van der Waals surface area contributed by atoms with E-state index in [1.165, 1.54) is 11.8 Å². The molecule has 3 unspecified atom stereocenters. The maximum absolute atomic E-state index is 6.82. The number of fused-ring (bicyclic) bond motifs is 1. The number of aromatic amines is 1. The van der Waals surface area contributed by atoms with Crippen molar-refractivity contribution in [2.75, 3.05) is 20.2 Å². The zero-order chi connectivity index (χ0) is 26.3. The molecule has 0 bridgehead atoms. The van der Waals surface area contributed by atoms with Crippen LogP contribution < -0.4 is 15.8 Å². The lowest BCUT2D eigenvalue weighted by Crippen LogP contribution is -2.50. The van der Waals surface area contributed by atoms with Crippen molar-refractivity contribution in [3.8, 4) is 5.75 Å². The lowest BCUT2D eigenvalue weighted by Gasteiger charge is -2.40. The Bertz CT molecular complexity index is 1440. The predicted molar refractivity (Wildman–Crippen MR) is 149 cm³/mol. The Kier molecular flexibility index (Phi) is 7.05. The van der Waals surface area contributed by atoms with Gasteiger partial charge < -0.3 is 25.5 Å². The Morgan fingerprint density at radius 3 is 2.79 bits per heavy atom. The molecule has 0 radical (unpaired) electrons. The van der Waals surface area contributed by atoms with Gasteiger partial charge in [0.15, 0.2) is 0 Å². The highest BCUT2D eigenvalue weighted by Crippen LogP contribution is 2.52. The van der Waals surface area contributed by atoms with Gasteiger partial charge in [-0.05, 0) is 62.7 Å². The number of ether oxygens (including phenoxy) is 2. The summed E-state index contributed by atoms with van der Waals surface area (Å²) in [7, 11) is 1.67. The van der Waals surface area contributed by atoms with Crippen LogP contribution in [0, 0.1) is 5.41 Å². The van der Waals surface area contributed by atoms with E-state index in [-0.39, 0.29) is 23.7 Å². The fraction of sp³-hybridized carbons (Fsp3) is 0.393. The number of nitrogens with zero attached hydrogens (tertiary/aromatic N) is 3. The molecular formula is C28H31ClN6O2S. The topological polar surface area (TPSA) is 111 Å². The second-order valence-corrected chi connectivity index (χ2v) is 11.5. The van der Waals surface area contributed by atoms with Gasteiger partial charge in [-0.25, -0.2) is 9.97 Å². The number of halogens is 1. The second-order valence-electron chi connectivity index (χ2n) is 10.1. The summed E-state index contributed by atoms with van der Waals surface area (Å²) in [4.78, 5) is 18.5. The number of rotatable bonds is 6. The summed E-state index contributed by atoms with van der Waals surface area (Å²) in [5, 5.41) is 4.83. The summed E-state index contributed by atoms with van der Waals surface area (Å²) >= 11 is 8.30. The zero-order valence-electron chi connectivity index (χ0n) is 21.4. The maximum atomic E-state index is 6.82. The molecule has 6 rings (SSSR count). The minimum Gasteiger partial charge on any atom is -0.497 e. The van der Waals surface area contributed by atoms with Crippen molar-refractivity contribution in [1.82, 2.24) is 25.3 Å². The van der Waals surface area contributed by atoms with E-state index < -0.39 is 0 Å². The first-order chi connectivity index (χ1) is 18.5. The summed E-state index contributed by atoms with van der Waals surface area (Å²) in [6, 6.07) is 11.9. The van der Waals surface area contributed by atoms with E-state index in [1.54, 1.807) is 13.3 Å². The van der Waals surface area contributed by atoms with Crippen LogP contribution in [0.15, 0.2) is 58.7 Å². The standard InChI is InChI=1S/C28H31ClN6O2S/c1-16-26(30)28(8-10-31-11-9-28)27(37-16)20-14-33-23(15-32-20)38-21-7-6-19-25(24(21)29)35-22(34-19)13-17-4-3-5-18(12-17)36-2/h3-7,12,14-16,26-27,31H,8-11,13,30H2,1-2H3,(H,34,35). The molecule has 4 aromatic rings. The molecule has 4 heterocycles. The number of imidazole rings is 1. The zero-order valence-corrected chi connectivity index (χ0v) is 23.0. The molecule has 2 aliphatic rings. The summed E-state index contributed by atoms with van der Waals surface area (Å²) in [5.41, 5.74) is 10.1. The summed E-state index contributed by atoms with van der Waals surface area (Å²) in [6.07, 6.45) is 6.07. The van der Waals surface area contributed by atoms with Gasteiger partial charge in [-0.3, -0.25) is 4.98 Å². The molecule has 8 nitrogen and oxygen atoms in total. The SMILES string of the molecule is COc1cccc(Cc2nc3ccc(Sc4cnc(C5OC(C)C(N)C56CCNCC6)cn4)c(Cl)c3[nH]2)c1. The van der Waals surface area contributed by atoms with Crippen LogP contribution in [0.25, 0.3) is 11.0 Å². The van der Waals surface area contributed by atoms with Gasteiger partial charge in [0.25, 0.3) is 0 Å². The number of nitrogens with two attached hydrogens (primary N) is 1. The van der Waals surface area contributed by atoms with Crippen LogP contribution in [0.2, 0.25) is 5.02 Å². The van der Waals surface area contributed by atoms with E-state index in [2.05, 4.69) is 23.3 Å². The second kappa shape index (κ2) is 10.5. The molecule has 2 saturated heterocycles. The molecular weight excluding hydrogens is 520 g/mol. The molecule has 3 atom stereocenters. The summed E-state index contributed by atoms with van der Waals surface area (Å²) in [6.45, 7) is 3.94. The lowest BCUT2D eigenvalue weighted by atomic mass is 9.69. The van der Waals surface area contributed by atoms with Gasteiger partial charge in [0.2, 0.25) is 0 Å². The number of aromatic nitrogens is 4. The van der Waals surface area contributed by atoms with Gasteiger partial charge in [-0.1, -0.05) is 35.5 Å². The van der Waals surface area contributed by atoms with Gasteiger partial charge in [0.1, 0.15) is 22.7 Å². The number of benzene rings is 2. The maximum Gasteiger partial charge on any atom is 0.119 e. The fourth-order valence-electron chi connectivity index (χ4n) is 5.77. The van der Waals surface area contributed by atoms with E-state index in [9.17, 15) is 0 Å². The van der Waals surface area contributed by atoms with Crippen molar-refractivity contribution in [2.45, 2.75) is 54.4 Å². The molecule has 2 aromatic heterocycles. The van der Waals surface area contributed by atoms with E-state index in [0.717, 1.165) is 69.7 Å². The molecule has 0 saturated carbocycles. The first-order valence-electron chi connectivity index (χ1n) is 12.9. The monoisotopic (exact) mass is 550 g/mol. The quantitative estimate of drug-likeness (QED) is 0.310. The van der Waals surface area contributed by atoms with Crippen LogP contribution in [-0.4, -0.2) is 52.3 Å². The molecule has 2 fully saturated rings. The molecule has 4 N–H and O–H groups in total. The van der Waals surface area contributed by atoms with Crippen molar-refractivity contribution in [3.05, 3.63) is 70.9 Å². The highest BCUT2D eigenvalue weighted by molar-refractivity contribution is 7.99. The first-order valence-corrected chi connectivity index (χ1v) is 14.1. The molecule has 1 spiro atoms. The van der Waals surface area contributed by atoms with Gasteiger partial charge in [0, 0.05) is 22.8 Å². The van der Waals surface area contributed by atoms with Crippen molar-refractivity contribution in [3.63, 3.8) is 0 Å². The largest absolute Gasteiger partial charge is 0.497 e. The van der Waals surface area contributed by atoms with E-state index >= 15 is 0 Å². The molecule has 38 heavy (non-hydrogen) atoms. The van der Waals surface area contributed by atoms with Crippen molar-refractivity contribution >= 4 is 34.4 Å². The third-order valence-electron chi connectivity index (χ3n) is 7.82. The Labute approximate surface area is 231 Å². The third-order valence-corrected chi connectivity index (χ3v) is 9.31. The van der Waals surface area contributed by atoms with Crippen LogP contribution in [0.5, 0.6) is 5.75 Å². The molecule has 2 aliphatic heterocycles. The summed E-state index contributed by atoms with van der Waals surface area (Å²) < 4.78 is 11.7. The molecule has 0 aliphatic carbocycles. The average molecular weight is 551 g/mol. The molecule has 10 heteroatoms. The van der Waals surface area contributed by atoms with Crippen LogP contribution in [0.3, 0.4) is 0 Å². The molecule has 0 amide bonds. The number of hydrogen-bond donors (Lipinski definition) is 3. The van der Waals surface area contributed by atoms with E-state index in [1.807, 2.05) is 36.5 Å². The Balaban J connectivity index is 1.21. The number of hydrogen-bond acceptors (Lipinski definition) is 8. The van der Waals surface area contributed by atoms with Crippen molar-refractivity contribution in [2.24, 2.45) is 11.1 Å². The van der Waals surface area contributed by atoms with Crippen LogP contribution in [-0.2, 0) is 11.2 Å². The van der Waals surface area contributed by atoms with Gasteiger partial charge in [0.05, 0.1) is 47.4 Å². The highest BCUT2D eigenvalue weighted by atomic mass is 35.5. The Hall–Kier alpha value is -2.69. The number of nitrogens with one attached hydrogen (secondary N) is 2. The Morgan fingerprint density at radius 1 is 1.18 bits per heavy atom. The van der Waals surface area contributed by atoms with E-state index in [4.69, 9.17) is 41.8 Å². The minimum atomic E-state index is -0.144. The Morgan fingerprint density at radius 2 is 2.03 bits per heavy atom. The predicted octanol–water partition coefficient (Wildman–Crippen LogP) is 4.91. The third kappa shape index (κ3) is 4.67. The number of H-pyrrole nitrogens is 1. The number of piperidine rings is 1.